The molecule has 3 nitrogen and oxygen atoms in total. The third kappa shape index (κ3) is 2.76. The lowest BCUT2D eigenvalue weighted by Gasteiger charge is -2.23. The first kappa shape index (κ1) is 12.5. The Labute approximate surface area is 114 Å². The van der Waals surface area contributed by atoms with Gasteiger partial charge in [0, 0.05) is 29.7 Å². The van der Waals surface area contributed by atoms with Gasteiger partial charge in [-0.25, -0.2) is 0 Å². The number of aryl methyl sites for hydroxylation is 1. The summed E-state index contributed by atoms with van der Waals surface area (Å²) in [5.74, 6) is 0.930. The first-order chi connectivity index (χ1) is 9.36. The van der Waals surface area contributed by atoms with Crippen molar-refractivity contribution in [1.82, 2.24) is 9.88 Å². The van der Waals surface area contributed by atoms with Gasteiger partial charge in [0.05, 0.1) is 7.11 Å². The van der Waals surface area contributed by atoms with Gasteiger partial charge in [-0.3, -0.25) is 0 Å². The van der Waals surface area contributed by atoms with Crippen LogP contribution >= 0.6 is 0 Å². The maximum atomic E-state index is 5.27. The van der Waals surface area contributed by atoms with Crippen LogP contribution in [0.15, 0.2) is 30.5 Å². The highest BCUT2D eigenvalue weighted by atomic mass is 16.5. The van der Waals surface area contributed by atoms with Gasteiger partial charge in [-0.1, -0.05) is 6.42 Å². The van der Waals surface area contributed by atoms with Gasteiger partial charge in [-0.05, 0) is 50.1 Å². The molecule has 0 radical (unpaired) electrons. The molecular weight excluding hydrogens is 236 g/mol. The van der Waals surface area contributed by atoms with Crippen molar-refractivity contribution in [1.29, 1.82) is 0 Å². The highest BCUT2D eigenvalue weighted by Gasteiger charge is 2.12. The molecule has 0 aliphatic carbocycles. The van der Waals surface area contributed by atoms with Crippen LogP contribution in [-0.2, 0) is 6.54 Å². The van der Waals surface area contributed by atoms with Crippen molar-refractivity contribution in [3.63, 3.8) is 0 Å². The Balaban J connectivity index is 1.70. The van der Waals surface area contributed by atoms with Crippen LogP contribution in [0.1, 0.15) is 25.7 Å². The molecule has 2 aromatic rings. The highest BCUT2D eigenvalue weighted by molar-refractivity contribution is 5.81. The van der Waals surface area contributed by atoms with E-state index in [0.717, 1.165) is 12.3 Å². The third-order valence-corrected chi connectivity index (χ3v) is 4.11. The fourth-order valence-corrected chi connectivity index (χ4v) is 2.97. The number of aromatic nitrogens is 1. The Bertz CT molecular complexity index is 541. The zero-order valence-corrected chi connectivity index (χ0v) is 11.6. The van der Waals surface area contributed by atoms with E-state index in [2.05, 4.69) is 34.3 Å². The van der Waals surface area contributed by atoms with Gasteiger partial charge in [0.15, 0.2) is 0 Å². The molecule has 1 unspecified atom stereocenters. The maximum Gasteiger partial charge on any atom is 0.119 e. The first-order valence-electron chi connectivity index (χ1n) is 7.23. The van der Waals surface area contributed by atoms with Crippen molar-refractivity contribution >= 4 is 10.9 Å². The Morgan fingerprint density at radius 2 is 2.26 bits per heavy atom. The summed E-state index contributed by atoms with van der Waals surface area (Å²) in [6, 6.07) is 9.17. The Morgan fingerprint density at radius 3 is 3.05 bits per heavy atom. The third-order valence-electron chi connectivity index (χ3n) is 4.11. The summed E-state index contributed by atoms with van der Waals surface area (Å²) >= 11 is 0. The van der Waals surface area contributed by atoms with E-state index >= 15 is 0 Å². The minimum atomic E-state index is 0.699. The highest BCUT2D eigenvalue weighted by Crippen LogP contribution is 2.22. The molecule has 19 heavy (non-hydrogen) atoms. The largest absolute Gasteiger partial charge is 0.497 e. The van der Waals surface area contributed by atoms with Crippen molar-refractivity contribution in [2.45, 2.75) is 38.3 Å². The Hall–Kier alpha value is -1.48. The van der Waals surface area contributed by atoms with Gasteiger partial charge in [0.25, 0.3) is 0 Å². The first-order valence-corrected chi connectivity index (χ1v) is 7.23. The van der Waals surface area contributed by atoms with Crippen molar-refractivity contribution in [2.24, 2.45) is 0 Å². The number of rotatable bonds is 4. The number of piperidine rings is 1. The predicted octanol–water partition coefficient (Wildman–Crippen LogP) is 3.18. The summed E-state index contributed by atoms with van der Waals surface area (Å²) < 4.78 is 7.62. The number of nitrogens with zero attached hydrogens (tertiary/aromatic N) is 1. The number of benzene rings is 1. The number of nitrogens with one attached hydrogen (secondary N) is 1. The van der Waals surface area contributed by atoms with Gasteiger partial charge < -0.3 is 14.6 Å². The molecule has 1 aliphatic rings. The lowest BCUT2D eigenvalue weighted by molar-refractivity contribution is 0.368. The van der Waals surface area contributed by atoms with E-state index in [4.69, 9.17) is 4.74 Å². The van der Waals surface area contributed by atoms with Crippen molar-refractivity contribution in [2.75, 3.05) is 13.7 Å². The van der Waals surface area contributed by atoms with Crippen LogP contribution in [0.3, 0.4) is 0 Å². The van der Waals surface area contributed by atoms with Crippen LogP contribution in [0.2, 0.25) is 0 Å². The summed E-state index contributed by atoms with van der Waals surface area (Å²) in [4.78, 5) is 0. The fraction of sp³-hybridized carbons (Fsp3) is 0.500. The Kier molecular flexibility index (Phi) is 3.74. The molecule has 3 heteroatoms. The second-order valence-electron chi connectivity index (χ2n) is 5.37. The van der Waals surface area contributed by atoms with Crippen LogP contribution in [-0.4, -0.2) is 24.3 Å². The number of ether oxygens (including phenoxy) is 1. The molecule has 3 rings (SSSR count). The zero-order valence-electron chi connectivity index (χ0n) is 11.6. The summed E-state index contributed by atoms with van der Waals surface area (Å²) in [6.07, 6.45) is 7.44. The molecule has 1 atom stereocenters. The lowest BCUT2D eigenvalue weighted by Crippen LogP contribution is -2.34. The molecule has 2 heterocycles. The van der Waals surface area contributed by atoms with Gasteiger partial charge in [0.2, 0.25) is 0 Å². The van der Waals surface area contributed by atoms with Gasteiger partial charge in [0.1, 0.15) is 5.75 Å². The summed E-state index contributed by atoms with van der Waals surface area (Å²) in [5.41, 5.74) is 1.30. The van der Waals surface area contributed by atoms with E-state index < -0.39 is 0 Å². The fourth-order valence-electron chi connectivity index (χ4n) is 2.97. The molecule has 0 bridgehead atoms. The Morgan fingerprint density at radius 1 is 1.32 bits per heavy atom. The minimum Gasteiger partial charge on any atom is -0.497 e. The number of methoxy groups -OCH3 is 1. The van der Waals surface area contributed by atoms with E-state index in [-0.39, 0.29) is 0 Å². The molecule has 0 saturated carbocycles. The second kappa shape index (κ2) is 5.66. The van der Waals surface area contributed by atoms with Crippen molar-refractivity contribution in [3.05, 3.63) is 30.5 Å². The molecule has 102 valence electrons. The normalized spacial score (nSPS) is 19.7. The van der Waals surface area contributed by atoms with E-state index in [1.54, 1.807) is 7.11 Å². The SMILES string of the molecule is COc1ccc2c(ccn2CCC2CCCCN2)c1. The van der Waals surface area contributed by atoms with Crippen molar-refractivity contribution < 1.29 is 4.74 Å². The maximum absolute atomic E-state index is 5.27. The topological polar surface area (TPSA) is 26.2 Å². The molecule has 1 aliphatic heterocycles. The molecule has 1 N–H and O–H groups in total. The predicted molar refractivity (Wildman–Crippen MR) is 78.7 cm³/mol. The van der Waals surface area contributed by atoms with Crippen molar-refractivity contribution in [3.8, 4) is 5.75 Å². The van der Waals surface area contributed by atoms with Crippen LogP contribution in [0.4, 0.5) is 0 Å². The van der Waals surface area contributed by atoms with Crippen LogP contribution < -0.4 is 10.1 Å². The molecule has 1 fully saturated rings. The average Bonchev–Trinajstić information content (AvgIpc) is 2.88. The molecule has 1 aromatic carbocycles. The van der Waals surface area contributed by atoms with Gasteiger partial charge in [-0.2, -0.15) is 0 Å². The minimum absolute atomic E-state index is 0.699. The molecule has 0 amide bonds. The van der Waals surface area contributed by atoms with Crippen LogP contribution in [0, 0.1) is 0 Å². The second-order valence-corrected chi connectivity index (χ2v) is 5.37. The van der Waals surface area contributed by atoms with E-state index in [1.807, 2.05) is 6.07 Å². The van der Waals surface area contributed by atoms with E-state index in [1.165, 1.54) is 43.1 Å². The van der Waals surface area contributed by atoms with Gasteiger partial charge in [-0.15, -0.1) is 0 Å². The molecular formula is C16H22N2O. The van der Waals surface area contributed by atoms with E-state index in [9.17, 15) is 0 Å². The lowest BCUT2D eigenvalue weighted by atomic mass is 10.0. The van der Waals surface area contributed by atoms with E-state index in [0.29, 0.717) is 6.04 Å². The molecule has 1 aromatic heterocycles. The van der Waals surface area contributed by atoms with Gasteiger partial charge >= 0.3 is 0 Å². The smallest absolute Gasteiger partial charge is 0.119 e. The standard InChI is InChI=1S/C16H22N2O/c1-19-15-5-6-16-13(12-15)7-10-18(16)11-8-14-4-2-3-9-17-14/h5-7,10,12,14,17H,2-4,8-9,11H2,1H3. The molecule has 0 spiro atoms. The quantitative estimate of drug-likeness (QED) is 0.911. The number of fused-ring (bicyclic) bond motifs is 1. The van der Waals surface area contributed by atoms with Crippen LogP contribution in [0.5, 0.6) is 5.75 Å². The summed E-state index contributed by atoms with van der Waals surface area (Å²) in [6.45, 7) is 2.28. The molecule has 1 saturated heterocycles. The van der Waals surface area contributed by atoms with Crippen LogP contribution in [0.25, 0.3) is 10.9 Å². The monoisotopic (exact) mass is 258 g/mol. The average molecular weight is 258 g/mol. The number of hydrogen-bond acceptors (Lipinski definition) is 2. The summed E-state index contributed by atoms with van der Waals surface area (Å²) in [5, 5.41) is 4.87. The number of hydrogen-bond donors (Lipinski definition) is 1. The summed E-state index contributed by atoms with van der Waals surface area (Å²) in [7, 11) is 1.72. The zero-order chi connectivity index (χ0) is 13.1.